The first kappa shape index (κ1) is 28.4. The van der Waals surface area contributed by atoms with Gasteiger partial charge in [-0.25, -0.2) is 9.78 Å². The van der Waals surface area contributed by atoms with E-state index in [1.807, 2.05) is 24.3 Å². The van der Waals surface area contributed by atoms with Gasteiger partial charge in [-0.1, -0.05) is 23.7 Å². The van der Waals surface area contributed by atoms with Gasteiger partial charge >= 0.3 is 11.9 Å². The van der Waals surface area contributed by atoms with E-state index in [-0.39, 0.29) is 39.8 Å². The summed E-state index contributed by atoms with van der Waals surface area (Å²) in [7, 11) is 1.52. The summed E-state index contributed by atoms with van der Waals surface area (Å²) >= 11 is 6.03. The third-order valence-electron chi connectivity index (χ3n) is 7.46. The number of hydrogen-bond donors (Lipinski definition) is 2. The molecule has 2 heterocycles. The van der Waals surface area contributed by atoms with Crippen LogP contribution < -0.4 is 16.3 Å². The maximum absolute atomic E-state index is 13.6. The molecule has 41 heavy (non-hydrogen) atoms. The molecule has 2 amide bonds. The van der Waals surface area contributed by atoms with Crippen molar-refractivity contribution in [1.29, 1.82) is 0 Å². The number of carbonyl (C=O) groups is 2. The van der Waals surface area contributed by atoms with Gasteiger partial charge in [-0.3, -0.25) is 18.7 Å². The Bertz CT molecular complexity index is 1660. The molecule has 0 radical (unpaired) electrons. The molecule has 2 N–H and O–H groups in total. The van der Waals surface area contributed by atoms with Crippen LogP contribution in [0.3, 0.4) is 0 Å². The van der Waals surface area contributed by atoms with Gasteiger partial charge in [0.2, 0.25) is 0 Å². The lowest BCUT2D eigenvalue weighted by molar-refractivity contribution is -0.137. The van der Waals surface area contributed by atoms with Crippen LogP contribution in [-0.2, 0) is 12.7 Å². The summed E-state index contributed by atoms with van der Waals surface area (Å²) in [6, 6.07) is 13.2. The second-order valence-corrected chi connectivity index (χ2v) is 10.5. The molecule has 4 aromatic rings. The van der Waals surface area contributed by atoms with Gasteiger partial charge in [-0.05, 0) is 74.1 Å². The Morgan fingerprint density at radius 3 is 2.34 bits per heavy atom. The molecule has 2 aromatic heterocycles. The molecular formula is C29H27ClF3N5O3. The number of para-hydroxylation sites is 2. The summed E-state index contributed by atoms with van der Waals surface area (Å²) in [5.41, 5.74) is 0.896. The Morgan fingerprint density at radius 1 is 1.00 bits per heavy atom. The molecule has 214 valence electrons. The van der Waals surface area contributed by atoms with Crippen LogP contribution in [0, 0.1) is 5.92 Å². The molecule has 1 aliphatic rings. The van der Waals surface area contributed by atoms with E-state index < -0.39 is 17.6 Å². The van der Waals surface area contributed by atoms with Crippen molar-refractivity contribution in [2.75, 3.05) is 7.05 Å². The number of benzene rings is 2. The van der Waals surface area contributed by atoms with Crippen molar-refractivity contribution in [1.82, 2.24) is 24.8 Å². The summed E-state index contributed by atoms with van der Waals surface area (Å²) in [5, 5.41) is 5.30. The van der Waals surface area contributed by atoms with Crippen LogP contribution in [0.2, 0.25) is 5.02 Å². The average Bonchev–Trinajstić information content (AvgIpc) is 3.24. The predicted molar refractivity (Wildman–Crippen MR) is 148 cm³/mol. The van der Waals surface area contributed by atoms with Crippen LogP contribution in [0.4, 0.5) is 13.2 Å². The van der Waals surface area contributed by atoms with E-state index in [1.165, 1.54) is 13.2 Å². The van der Waals surface area contributed by atoms with Crippen molar-refractivity contribution in [3.05, 3.63) is 93.1 Å². The number of imidazole rings is 1. The summed E-state index contributed by atoms with van der Waals surface area (Å²) in [5.74, 6) is -0.804. The largest absolute Gasteiger partial charge is 0.416 e. The van der Waals surface area contributed by atoms with Crippen LogP contribution in [-0.4, -0.2) is 39.0 Å². The number of rotatable bonds is 6. The number of halogens is 4. The number of hydrogen-bond acceptors (Lipinski definition) is 4. The van der Waals surface area contributed by atoms with Gasteiger partial charge in [0.15, 0.2) is 0 Å². The molecule has 5 rings (SSSR count). The highest BCUT2D eigenvalue weighted by molar-refractivity contribution is 6.33. The van der Waals surface area contributed by atoms with Crippen LogP contribution >= 0.6 is 11.6 Å². The molecular weight excluding hydrogens is 559 g/mol. The number of nitrogens with one attached hydrogen (secondary N) is 2. The maximum atomic E-state index is 13.6. The normalized spacial score (nSPS) is 17.4. The fourth-order valence-corrected chi connectivity index (χ4v) is 5.50. The lowest BCUT2D eigenvalue weighted by Crippen LogP contribution is -2.38. The van der Waals surface area contributed by atoms with Crippen molar-refractivity contribution < 1.29 is 22.8 Å². The van der Waals surface area contributed by atoms with Crippen molar-refractivity contribution in [3.8, 4) is 5.69 Å². The highest BCUT2D eigenvalue weighted by atomic mass is 35.5. The van der Waals surface area contributed by atoms with E-state index in [9.17, 15) is 27.6 Å². The Labute approximate surface area is 238 Å². The maximum Gasteiger partial charge on any atom is 0.416 e. The zero-order valence-electron chi connectivity index (χ0n) is 22.0. The Hall–Kier alpha value is -4.12. The topological polar surface area (TPSA) is 98.0 Å². The summed E-state index contributed by atoms with van der Waals surface area (Å²) in [6.45, 7) is 0.468. The first-order valence-corrected chi connectivity index (χ1v) is 13.5. The smallest absolute Gasteiger partial charge is 0.354 e. The van der Waals surface area contributed by atoms with E-state index in [0.29, 0.717) is 30.6 Å². The fourth-order valence-electron chi connectivity index (χ4n) is 5.30. The van der Waals surface area contributed by atoms with Crippen molar-refractivity contribution >= 4 is 34.4 Å². The van der Waals surface area contributed by atoms with Gasteiger partial charge in [-0.2, -0.15) is 13.2 Å². The first-order valence-electron chi connectivity index (χ1n) is 13.1. The quantitative estimate of drug-likeness (QED) is 0.325. The number of amides is 2. The molecule has 1 aliphatic carbocycles. The number of aromatic nitrogens is 3. The summed E-state index contributed by atoms with van der Waals surface area (Å²) in [6.07, 6.45) is -0.417. The van der Waals surface area contributed by atoms with Crippen molar-refractivity contribution in [3.63, 3.8) is 0 Å². The molecule has 12 heteroatoms. The van der Waals surface area contributed by atoms with Gasteiger partial charge in [0.25, 0.3) is 11.8 Å². The minimum absolute atomic E-state index is 0.0431. The van der Waals surface area contributed by atoms with Crippen molar-refractivity contribution in [2.45, 2.75) is 44.4 Å². The van der Waals surface area contributed by atoms with Crippen LogP contribution in [0.5, 0.6) is 0 Å². The first-order chi connectivity index (χ1) is 19.6. The minimum Gasteiger partial charge on any atom is -0.354 e. The number of nitrogens with zero attached hydrogens (tertiary/aromatic N) is 3. The summed E-state index contributed by atoms with van der Waals surface area (Å²) in [4.78, 5) is 42.4. The Balaban J connectivity index is 1.29. The molecule has 0 aliphatic heterocycles. The van der Waals surface area contributed by atoms with Crippen LogP contribution in [0.15, 0.2) is 65.6 Å². The molecule has 0 bridgehead atoms. The van der Waals surface area contributed by atoms with E-state index in [4.69, 9.17) is 11.6 Å². The summed E-state index contributed by atoms with van der Waals surface area (Å²) < 4.78 is 42.6. The van der Waals surface area contributed by atoms with Gasteiger partial charge in [0.1, 0.15) is 5.69 Å². The third-order valence-corrected chi connectivity index (χ3v) is 7.79. The van der Waals surface area contributed by atoms with E-state index >= 15 is 0 Å². The Kier molecular flexibility index (Phi) is 7.90. The monoisotopic (exact) mass is 585 g/mol. The second kappa shape index (κ2) is 11.4. The molecule has 0 unspecified atom stereocenters. The average molecular weight is 586 g/mol. The molecule has 1 fully saturated rings. The zero-order valence-corrected chi connectivity index (χ0v) is 22.8. The Morgan fingerprint density at radius 2 is 1.71 bits per heavy atom. The van der Waals surface area contributed by atoms with Gasteiger partial charge in [0.05, 0.1) is 39.1 Å². The van der Waals surface area contributed by atoms with E-state index in [2.05, 4.69) is 15.6 Å². The van der Waals surface area contributed by atoms with Gasteiger partial charge in [-0.15, -0.1) is 0 Å². The van der Waals surface area contributed by atoms with Crippen LogP contribution in [0.25, 0.3) is 16.7 Å². The molecule has 0 saturated heterocycles. The molecule has 1 saturated carbocycles. The zero-order chi connectivity index (χ0) is 29.3. The van der Waals surface area contributed by atoms with E-state index in [0.717, 1.165) is 36.6 Å². The molecule has 8 nitrogen and oxygen atoms in total. The lowest BCUT2D eigenvalue weighted by Gasteiger charge is -2.29. The lowest BCUT2D eigenvalue weighted by atomic mass is 9.85. The van der Waals surface area contributed by atoms with Crippen molar-refractivity contribution in [2.24, 2.45) is 5.92 Å². The highest BCUT2D eigenvalue weighted by Gasteiger charge is 2.32. The predicted octanol–water partition coefficient (Wildman–Crippen LogP) is 5.21. The molecule has 0 atom stereocenters. The standard InChI is InChI=1S/C29H27ClF3N5O3/c1-34-27(40)23-13-11-20(15-35-23)38-25-5-3-2-4-24(25)37(28(38)41)16-17-6-9-19(10-7-17)36-26(39)21-14-18(29(31,32)33)8-12-22(21)30/h2-5,8,11-15,17,19H,6-7,9-10,16H2,1H3,(H,34,40)(H,36,39). The molecule has 0 spiro atoms. The highest BCUT2D eigenvalue weighted by Crippen LogP contribution is 2.32. The minimum atomic E-state index is -4.58. The SMILES string of the molecule is CNC(=O)c1ccc(-n2c(=O)n(CC3CCC(NC(=O)c4cc(C(F)(F)F)ccc4Cl)CC3)c3ccccc32)cn1. The van der Waals surface area contributed by atoms with E-state index in [1.54, 1.807) is 21.3 Å². The fraction of sp³-hybridized carbons (Fsp3) is 0.310. The number of pyridine rings is 1. The molecule has 2 aromatic carbocycles. The third kappa shape index (κ3) is 5.85. The second-order valence-electron chi connectivity index (χ2n) is 10.1. The number of alkyl halides is 3. The van der Waals surface area contributed by atoms with Gasteiger partial charge in [0, 0.05) is 19.6 Å². The number of carbonyl (C=O) groups excluding carboxylic acids is 2. The van der Waals surface area contributed by atoms with Crippen LogP contribution in [0.1, 0.15) is 52.1 Å². The van der Waals surface area contributed by atoms with Gasteiger partial charge < -0.3 is 10.6 Å². The number of fused-ring (bicyclic) bond motifs is 1.